The molecule has 2 rings (SSSR count). The van der Waals surface area contributed by atoms with Crippen LogP contribution in [-0.4, -0.2) is 29.8 Å². The molecular weight excluding hydrogens is 242 g/mol. The number of nitrogens with one attached hydrogen (secondary N) is 1. The summed E-state index contributed by atoms with van der Waals surface area (Å²) < 4.78 is 0. The lowest BCUT2D eigenvalue weighted by Crippen LogP contribution is -2.38. The molecule has 0 aliphatic carbocycles. The molecule has 1 aromatic carbocycles. The average Bonchev–Trinajstić information content (AvgIpc) is 2.45. The number of hydrogen-bond donors (Lipinski definition) is 2. The molecule has 0 radical (unpaired) electrons. The van der Waals surface area contributed by atoms with Crippen LogP contribution in [0.5, 0.6) is 0 Å². The maximum Gasteiger partial charge on any atom is 0.254 e. The van der Waals surface area contributed by atoms with Gasteiger partial charge in [0, 0.05) is 25.1 Å². The number of benzene rings is 1. The SMILES string of the molecule is NNC(=O)CCCCN1CCc2ccccc2C1=O. The highest BCUT2D eigenvalue weighted by Crippen LogP contribution is 2.18. The van der Waals surface area contributed by atoms with Gasteiger partial charge in [0.25, 0.3) is 5.91 Å². The van der Waals surface area contributed by atoms with E-state index in [-0.39, 0.29) is 11.8 Å². The summed E-state index contributed by atoms with van der Waals surface area (Å²) in [5.41, 5.74) is 4.05. The van der Waals surface area contributed by atoms with Gasteiger partial charge in [0.1, 0.15) is 0 Å². The lowest BCUT2D eigenvalue weighted by Gasteiger charge is -2.28. The Bertz CT molecular complexity index is 474. The summed E-state index contributed by atoms with van der Waals surface area (Å²) in [5, 5.41) is 0. The van der Waals surface area contributed by atoms with Crippen LogP contribution in [0.2, 0.25) is 0 Å². The second-order valence-corrected chi connectivity index (χ2v) is 4.72. The van der Waals surface area contributed by atoms with Crippen LogP contribution in [0.25, 0.3) is 0 Å². The number of carbonyl (C=O) groups excluding carboxylic acids is 2. The highest BCUT2D eigenvalue weighted by molar-refractivity contribution is 5.96. The van der Waals surface area contributed by atoms with Gasteiger partial charge in [0.15, 0.2) is 0 Å². The number of hydrazine groups is 1. The van der Waals surface area contributed by atoms with Gasteiger partial charge >= 0.3 is 0 Å². The fraction of sp³-hybridized carbons (Fsp3) is 0.429. The topological polar surface area (TPSA) is 75.4 Å². The Kier molecular flexibility index (Phi) is 4.52. The zero-order chi connectivity index (χ0) is 13.7. The Hall–Kier alpha value is -1.88. The first-order valence-electron chi connectivity index (χ1n) is 6.59. The Morgan fingerprint density at radius 3 is 2.89 bits per heavy atom. The maximum atomic E-state index is 12.2. The van der Waals surface area contributed by atoms with E-state index in [1.807, 2.05) is 29.2 Å². The van der Waals surface area contributed by atoms with Crippen LogP contribution in [0.15, 0.2) is 24.3 Å². The number of amides is 2. The molecule has 0 atom stereocenters. The van der Waals surface area contributed by atoms with Crippen molar-refractivity contribution >= 4 is 11.8 Å². The predicted molar refractivity (Wildman–Crippen MR) is 72.2 cm³/mol. The van der Waals surface area contributed by atoms with Gasteiger partial charge in [-0.3, -0.25) is 15.0 Å². The van der Waals surface area contributed by atoms with E-state index in [4.69, 9.17) is 5.84 Å². The van der Waals surface area contributed by atoms with Crippen molar-refractivity contribution in [3.8, 4) is 0 Å². The monoisotopic (exact) mass is 261 g/mol. The van der Waals surface area contributed by atoms with Gasteiger partial charge in [-0.1, -0.05) is 18.2 Å². The van der Waals surface area contributed by atoms with Gasteiger partial charge in [-0.05, 0) is 30.9 Å². The van der Waals surface area contributed by atoms with Crippen LogP contribution in [0.4, 0.5) is 0 Å². The van der Waals surface area contributed by atoms with Crippen LogP contribution in [0.3, 0.4) is 0 Å². The van der Waals surface area contributed by atoms with Gasteiger partial charge in [-0.15, -0.1) is 0 Å². The van der Waals surface area contributed by atoms with Crippen LogP contribution in [-0.2, 0) is 11.2 Å². The number of unbranched alkanes of at least 4 members (excludes halogenated alkanes) is 1. The minimum Gasteiger partial charge on any atom is -0.338 e. The van der Waals surface area contributed by atoms with Gasteiger partial charge < -0.3 is 4.90 Å². The molecule has 19 heavy (non-hydrogen) atoms. The lowest BCUT2D eigenvalue weighted by atomic mass is 9.99. The van der Waals surface area contributed by atoms with Gasteiger partial charge in [0.05, 0.1) is 0 Å². The molecule has 0 saturated heterocycles. The first kappa shape index (κ1) is 13.5. The molecule has 2 amide bonds. The van der Waals surface area contributed by atoms with Crippen LogP contribution in [0.1, 0.15) is 35.2 Å². The summed E-state index contributed by atoms with van der Waals surface area (Å²) >= 11 is 0. The van der Waals surface area contributed by atoms with Crippen molar-refractivity contribution in [3.63, 3.8) is 0 Å². The Morgan fingerprint density at radius 2 is 2.11 bits per heavy atom. The Balaban J connectivity index is 1.84. The summed E-state index contributed by atoms with van der Waals surface area (Å²) in [6.07, 6.45) is 2.89. The molecule has 0 saturated carbocycles. The van der Waals surface area contributed by atoms with Gasteiger partial charge in [-0.2, -0.15) is 0 Å². The highest BCUT2D eigenvalue weighted by Gasteiger charge is 2.22. The Morgan fingerprint density at radius 1 is 1.32 bits per heavy atom. The summed E-state index contributed by atoms with van der Waals surface area (Å²) in [6, 6.07) is 7.75. The molecular formula is C14H19N3O2. The summed E-state index contributed by atoms with van der Waals surface area (Å²) in [4.78, 5) is 25.1. The van der Waals surface area contributed by atoms with Crippen LogP contribution < -0.4 is 11.3 Å². The predicted octanol–water partition coefficient (Wildman–Crippen LogP) is 0.845. The largest absolute Gasteiger partial charge is 0.338 e. The third-order valence-electron chi connectivity index (χ3n) is 3.43. The van der Waals surface area contributed by atoms with Crippen molar-refractivity contribution in [1.29, 1.82) is 0 Å². The molecule has 0 unspecified atom stereocenters. The first-order valence-corrected chi connectivity index (χ1v) is 6.59. The molecule has 0 aromatic heterocycles. The third kappa shape index (κ3) is 3.32. The summed E-state index contributed by atoms with van der Waals surface area (Å²) in [6.45, 7) is 1.46. The number of nitrogens with zero attached hydrogens (tertiary/aromatic N) is 1. The second kappa shape index (κ2) is 6.33. The smallest absolute Gasteiger partial charge is 0.254 e. The molecule has 1 aromatic rings. The van der Waals surface area contributed by atoms with E-state index < -0.39 is 0 Å². The van der Waals surface area contributed by atoms with Gasteiger partial charge in [-0.25, -0.2) is 5.84 Å². The van der Waals surface area contributed by atoms with Crippen molar-refractivity contribution < 1.29 is 9.59 Å². The molecule has 1 aliphatic heterocycles. The van der Waals surface area contributed by atoms with E-state index in [9.17, 15) is 9.59 Å². The molecule has 1 heterocycles. The first-order chi connectivity index (χ1) is 9.22. The average molecular weight is 261 g/mol. The molecule has 102 valence electrons. The van der Waals surface area contributed by atoms with E-state index in [2.05, 4.69) is 5.43 Å². The molecule has 0 spiro atoms. The number of rotatable bonds is 5. The van der Waals surface area contributed by atoms with E-state index >= 15 is 0 Å². The standard InChI is InChI=1S/C14H19N3O2/c15-16-13(18)7-3-4-9-17-10-8-11-5-1-2-6-12(11)14(17)19/h1-2,5-6H,3-4,7-10,15H2,(H,16,18). The van der Waals surface area contributed by atoms with Crippen molar-refractivity contribution in [3.05, 3.63) is 35.4 Å². The quantitative estimate of drug-likeness (QED) is 0.357. The summed E-state index contributed by atoms with van der Waals surface area (Å²) in [5.74, 6) is 4.95. The van der Waals surface area contributed by atoms with E-state index in [0.717, 1.165) is 36.9 Å². The van der Waals surface area contributed by atoms with Crippen LogP contribution in [0, 0.1) is 0 Å². The highest BCUT2D eigenvalue weighted by atomic mass is 16.2. The molecule has 5 nitrogen and oxygen atoms in total. The maximum absolute atomic E-state index is 12.2. The summed E-state index contributed by atoms with van der Waals surface area (Å²) in [7, 11) is 0. The Labute approximate surface area is 112 Å². The number of fused-ring (bicyclic) bond motifs is 1. The number of nitrogens with two attached hydrogens (primary N) is 1. The number of hydrogen-bond acceptors (Lipinski definition) is 3. The molecule has 1 aliphatic rings. The lowest BCUT2D eigenvalue weighted by molar-refractivity contribution is -0.121. The van der Waals surface area contributed by atoms with E-state index in [1.54, 1.807) is 0 Å². The van der Waals surface area contributed by atoms with Crippen molar-refractivity contribution in [1.82, 2.24) is 10.3 Å². The van der Waals surface area contributed by atoms with E-state index in [1.165, 1.54) is 0 Å². The minimum atomic E-state index is -0.157. The molecule has 5 heteroatoms. The van der Waals surface area contributed by atoms with Crippen molar-refractivity contribution in [2.45, 2.75) is 25.7 Å². The number of carbonyl (C=O) groups is 2. The normalized spacial score (nSPS) is 14.2. The fourth-order valence-corrected chi connectivity index (χ4v) is 2.35. The second-order valence-electron chi connectivity index (χ2n) is 4.72. The zero-order valence-electron chi connectivity index (χ0n) is 10.9. The molecule has 3 N–H and O–H groups in total. The molecule has 0 bridgehead atoms. The van der Waals surface area contributed by atoms with Crippen LogP contribution >= 0.6 is 0 Å². The zero-order valence-corrected chi connectivity index (χ0v) is 10.9. The fourth-order valence-electron chi connectivity index (χ4n) is 2.35. The minimum absolute atomic E-state index is 0.102. The van der Waals surface area contributed by atoms with Crippen molar-refractivity contribution in [2.75, 3.05) is 13.1 Å². The van der Waals surface area contributed by atoms with E-state index in [0.29, 0.717) is 13.0 Å². The van der Waals surface area contributed by atoms with Crippen molar-refractivity contribution in [2.24, 2.45) is 5.84 Å². The third-order valence-corrected chi connectivity index (χ3v) is 3.43. The molecule has 0 fully saturated rings. The van der Waals surface area contributed by atoms with Gasteiger partial charge in [0.2, 0.25) is 5.91 Å².